The minimum Gasteiger partial charge on any atom is -0.495 e. The second-order valence-electron chi connectivity index (χ2n) is 3.37. The smallest absolute Gasteiger partial charge is 0.141 e. The van der Waals surface area contributed by atoms with E-state index in [-0.39, 0.29) is 0 Å². The maximum absolute atomic E-state index is 9.17. The Morgan fingerprint density at radius 1 is 1.62 bits per heavy atom. The minimum absolute atomic E-state index is 0.630. The van der Waals surface area contributed by atoms with Gasteiger partial charge < -0.3 is 9.30 Å². The number of hydrogen-bond acceptors (Lipinski definition) is 3. The molecule has 0 aliphatic carbocycles. The van der Waals surface area contributed by atoms with Crippen LogP contribution in [0, 0.1) is 11.3 Å². The number of alkyl halides is 1. The Balaban J connectivity index is 2.85. The first-order valence-corrected chi connectivity index (χ1v) is 5.82. The first-order chi connectivity index (χ1) is 7.72. The van der Waals surface area contributed by atoms with Crippen LogP contribution in [0.2, 0.25) is 0 Å². The van der Waals surface area contributed by atoms with E-state index in [4.69, 9.17) is 4.74 Å². The molecule has 16 heavy (non-hydrogen) atoms. The van der Waals surface area contributed by atoms with E-state index in [1.165, 1.54) is 0 Å². The third-order valence-electron chi connectivity index (χ3n) is 2.60. The van der Waals surface area contributed by atoms with Crippen molar-refractivity contribution >= 4 is 27.0 Å². The van der Waals surface area contributed by atoms with Gasteiger partial charge in [0.25, 0.3) is 0 Å². The second kappa shape index (κ2) is 4.14. The van der Waals surface area contributed by atoms with E-state index in [9.17, 15) is 5.26 Å². The van der Waals surface area contributed by atoms with E-state index >= 15 is 0 Å². The molecule has 0 amide bonds. The molecule has 0 radical (unpaired) electrons. The van der Waals surface area contributed by atoms with Crippen molar-refractivity contribution in [1.82, 2.24) is 9.55 Å². The van der Waals surface area contributed by atoms with Crippen LogP contribution in [0.4, 0.5) is 0 Å². The SMILES string of the molecule is COc1cnc2c(c1)c(C#N)c(CBr)n2C. The fourth-order valence-corrected chi connectivity index (χ4v) is 2.39. The van der Waals surface area contributed by atoms with Crippen molar-refractivity contribution in [3.05, 3.63) is 23.5 Å². The maximum atomic E-state index is 9.17. The molecule has 0 spiro atoms. The van der Waals surface area contributed by atoms with Gasteiger partial charge in [-0.15, -0.1) is 0 Å². The summed E-state index contributed by atoms with van der Waals surface area (Å²) in [7, 11) is 3.49. The fraction of sp³-hybridized carbons (Fsp3) is 0.273. The first kappa shape index (κ1) is 11.0. The van der Waals surface area contributed by atoms with Crippen molar-refractivity contribution in [2.45, 2.75) is 5.33 Å². The number of rotatable bonds is 2. The van der Waals surface area contributed by atoms with Gasteiger partial charge in [-0.1, -0.05) is 15.9 Å². The lowest BCUT2D eigenvalue weighted by Crippen LogP contribution is -1.95. The third-order valence-corrected chi connectivity index (χ3v) is 3.13. The monoisotopic (exact) mass is 279 g/mol. The summed E-state index contributed by atoms with van der Waals surface area (Å²) in [6, 6.07) is 4.06. The number of pyridine rings is 1. The maximum Gasteiger partial charge on any atom is 0.141 e. The molecule has 0 aromatic carbocycles. The number of fused-ring (bicyclic) bond motifs is 1. The van der Waals surface area contributed by atoms with E-state index in [0.29, 0.717) is 16.6 Å². The number of aromatic nitrogens is 2. The summed E-state index contributed by atoms with van der Waals surface area (Å²) in [5.41, 5.74) is 2.38. The summed E-state index contributed by atoms with van der Waals surface area (Å²) in [5, 5.41) is 10.6. The lowest BCUT2D eigenvalue weighted by molar-refractivity contribution is 0.413. The number of ether oxygens (including phenoxy) is 1. The highest BCUT2D eigenvalue weighted by Crippen LogP contribution is 2.27. The van der Waals surface area contributed by atoms with Gasteiger partial charge in [0.2, 0.25) is 0 Å². The topological polar surface area (TPSA) is 50.8 Å². The van der Waals surface area contributed by atoms with Gasteiger partial charge in [-0.05, 0) is 6.07 Å². The highest BCUT2D eigenvalue weighted by molar-refractivity contribution is 9.08. The van der Waals surface area contributed by atoms with E-state index in [1.54, 1.807) is 13.3 Å². The van der Waals surface area contributed by atoms with Crippen molar-refractivity contribution < 1.29 is 4.74 Å². The zero-order valence-electron chi connectivity index (χ0n) is 8.99. The lowest BCUT2D eigenvalue weighted by Gasteiger charge is -2.00. The van der Waals surface area contributed by atoms with E-state index in [2.05, 4.69) is 27.0 Å². The first-order valence-electron chi connectivity index (χ1n) is 4.70. The molecule has 4 nitrogen and oxygen atoms in total. The number of nitriles is 1. The Morgan fingerprint density at radius 3 is 2.94 bits per heavy atom. The van der Waals surface area contributed by atoms with Crippen LogP contribution in [0.25, 0.3) is 11.0 Å². The van der Waals surface area contributed by atoms with Crippen molar-refractivity contribution in [1.29, 1.82) is 5.26 Å². The second-order valence-corrected chi connectivity index (χ2v) is 3.93. The molecule has 2 aromatic rings. The van der Waals surface area contributed by atoms with Crippen molar-refractivity contribution in [3.8, 4) is 11.8 Å². The summed E-state index contributed by atoms with van der Waals surface area (Å²) in [6.07, 6.45) is 1.65. The van der Waals surface area contributed by atoms with Gasteiger partial charge in [0.05, 0.1) is 18.9 Å². The van der Waals surface area contributed by atoms with E-state index < -0.39 is 0 Å². The number of aryl methyl sites for hydroxylation is 1. The fourth-order valence-electron chi connectivity index (χ4n) is 1.73. The normalized spacial score (nSPS) is 10.4. The van der Waals surface area contributed by atoms with Crippen LogP contribution in [0.5, 0.6) is 5.75 Å². The minimum atomic E-state index is 0.630. The molecule has 2 heterocycles. The summed E-state index contributed by atoms with van der Waals surface area (Å²) >= 11 is 3.38. The van der Waals surface area contributed by atoms with Crippen molar-refractivity contribution in [2.24, 2.45) is 7.05 Å². The van der Waals surface area contributed by atoms with Crippen LogP contribution >= 0.6 is 15.9 Å². The predicted octanol–water partition coefficient (Wildman–Crippen LogP) is 2.35. The van der Waals surface area contributed by atoms with Crippen LogP contribution in [0.1, 0.15) is 11.3 Å². The molecular formula is C11H10BrN3O. The Kier molecular flexibility index (Phi) is 2.84. The molecule has 0 saturated carbocycles. The summed E-state index contributed by atoms with van der Waals surface area (Å²) in [6.45, 7) is 0. The van der Waals surface area contributed by atoms with Gasteiger partial charge in [0.1, 0.15) is 17.5 Å². The van der Waals surface area contributed by atoms with Gasteiger partial charge in [0.15, 0.2) is 0 Å². The summed E-state index contributed by atoms with van der Waals surface area (Å²) in [4.78, 5) is 4.29. The average molecular weight is 280 g/mol. The quantitative estimate of drug-likeness (QED) is 0.793. The van der Waals surface area contributed by atoms with Crippen LogP contribution in [-0.2, 0) is 12.4 Å². The highest BCUT2D eigenvalue weighted by Gasteiger charge is 2.15. The van der Waals surface area contributed by atoms with Crippen molar-refractivity contribution in [2.75, 3.05) is 7.11 Å². The van der Waals surface area contributed by atoms with E-state index in [0.717, 1.165) is 16.7 Å². The van der Waals surface area contributed by atoms with Gasteiger partial charge in [-0.25, -0.2) is 4.98 Å². The van der Waals surface area contributed by atoms with Gasteiger partial charge >= 0.3 is 0 Å². The van der Waals surface area contributed by atoms with Crippen molar-refractivity contribution in [3.63, 3.8) is 0 Å². The average Bonchev–Trinajstić information content (AvgIpc) is 2.60. The third kappa shape index (κ3) is 1.46. The van der Waals surface area contributed by atoms with Gasteiger partial charge in [-0.2, -0.15) is 5.26 Å². The number of halogens is 1. The van der Waals surface area contributed by atoms with Crippen LogP contribution < -0.4 is 4.74 Å². The van der Waals surface area contributed by atoms with Crippen LogP contribution in [-0.4, -0.2) is 16.7 Å². The Hall–Kier alpha value is -1.54. The Bertz CT molecular complexity index is 583. The highest BCUT2D eigenvalue weighted by atomic mass is 79.9. The predicted molar refractivity (Wildman–Crippen MR) is 64.6 cm³/mol. The van der Waals surface area contributed by atoms with Crippen LogP contribution in [0.15, 0.2) is 12.3 Å². The lowest BCUT2D eigenvalue weighted by atomic mass is 10.2. The van der Waals surface area contributed by atoms with Crippen LogP contribution in [0.3, 0.4) is 0 Å². The number of hydrogen-bond donors (Lipinski definition) is 0. The molecule has 5 heteroatoms. The molecule has 0 aliphatic rings. The zero-order valence-corrected chi connectivity index (χ0v) is 10.6. The standard InChI is InChI=1S/C11H10BrN3O/c1-15-10(4-12)9(5-13)8-3-7(16-2)6-14-11(8)15/h3,6H,4H2,1-2H3. The Labute approximate surface area is 102 Å². The molecule has 0 bridgehead atoms. The van der Waals surface area contributed by atoms with Gasteiger partial charge in [0, 0.05) is 23.5 Å². The number of methoxy groups -OCH3 is 1. The molecule has 0 atom stereocenters. The molecule has 82 valence electrons. The molecule has 0 N–H and O–H groups in total. The molecule has 0 unspecified atom stereocenters. The largest absolute Gasteiger partial charge is 0.495 e. The van der Waals surface area contributed by atoms with E-state index in [1.807, 2.05) is 17.7 Å². The molecule has 0 fully saturated rings. The summed E-state index contributed by atoms with van der Waals surface area (Å²) in [5.74, 6) is 0.663. The molecule has 0 aliphatic heterocycles. The summed E-state index contributed by atoms with van der Waals surface area (Å²) < 4.78 is 7.03. The zero-order chi connectivity index (χ0) is 11.7. The Morgan fingerprint density at radius 2 is 2.38 bits per heavy atom. The van der Waals surface area contributed by atoms with Gasteiger partial charge in [-0.3, -0.25) is 0 Å². The molecular weight excluding hydrogens is 270 g/mol. The molecule has 2 rings (SSSR count). The molecule has 2 aromatic heterocycles. The number of nitrogens with zero attached hydrogens (tertiary/aromatic N) is 3. The molecule has 0 saturated heterocycles.